The van der Waals surface area contributed by atoms with Gasteiger partial charge in [-0.15, -0.1) is 13.2 Å². The van der Waals surface area contributed by atoms with Gasteiger partial charge in [-0.1, -0.05) is 51.7 Å². The highest BCUT2D eigenvalue weighted by Crippen LogP contribution is 1.91. The molecule has 2 nitrogen and oxygen atoms in total. The molecule has 0 saturated carbocycles. The smallest absolute Gasteiger partial charge is 0.302 e. The summed E-state index contributed by atoms with van der Waals surface area (Å²) >= 11 is 0. The molecule has 0 N–H and O–H groups in total. The van der Waals surface area contributed by atoms with Gasteiger partial charge in [-0.05, 0) is 19.8 Å². The Hall–Kier alpha value is -1.05. The van der Waals surface area contributed by atoms with Crippen LogP contribution in [0.3, 0.4) is 0 Å². The van der Waals surface area contributed by atoms with E-state index in [9.17, 15) is 4.79 Å². The molecule has 0 amide bonds. The lowest BCUT2D eigenvalue weighted by molar-refractivity contribution is -0.140. The van der Waals surface area contributed by atoms with Gasteiger partial charge < -0.3 is 4.74 Å². The molecule has 0 atom stereocenters. The number of hydrogen-bond donors (Lipinski definition) is 0. The number of carbonyl (C=O) groups excluding carboxylic acids is 1. The lowest BCUT2D eigenvalue weighted by Gasteiger charge is -1.89. The fourth-order valence-corrected chi connectivity index (χ4v) is 0.900. The van der Waals surface area contributed by atoms with E-state index in [1.807, 2.05) is 12.2 Å². The van der Waals surface area contributed by atoms with Crippen LogP contribution in [0.4, 0.5) is 0 Å². The maximum atomic E-state index is 9.82. The van der Waals surface area contributed by atoms with Crippen LogP contribution in [-0.4, -0.2) is 12.6 Å². The second kappa shape index (κ2) is 25.0. The van der Waals surface area contributed by atoms with Crippen LogP contribution in [0.2, 0.25) is 0 Å². The van der Waals surface area contributed by atoms with Gasteiger partial charge in [0.1, 0.15) is 0 Å². The molecular formula is C16H32O2. The van der Waals surface area contributed by atoms with Gasteiger partial charge >= 0.3 is 5.97 Å². The lowest BCUT2D eigenvalue weighted by Crippen LogP contribution is -1.95. The van der Waals surface area contributed by atoms with Crippen LogP contribution in [0.25, 0.3) is 0 Å². The molecule has 108 valence electrons. The first-order valence-electron chi connectivity index (χ1n) is 6.95. The third-order valence-corrected chi connectivity index (χ3v) is 1.87. The second-order valence-corrected chi connectivity index (χ2v) is 3.79. The van der Waals surface area contributed by atoms with Gasteiger partial charge in [0.2, 0.25) is 0 Å². The Morgan fingerprint density at radius 1 is 1.00 bits per heavy atom. The number of hydrogen-bond acceptors (Lipinski definition) is 2. The van der Waals surface area contributed by atoms with Gasteiger partial charge in [-0.25, -0.2) is 0 Å². The summed E-state index contributed by atoms with van der Waals surface area (Å²) in [6.07, 6.45) is 11.4. The van der Waals surface area contributed by atoms with Crippen molar-refractivity contribution in [1.29, 1.82) is 0 Å². The average molecular weight is 256 g/mol. The number of esters is 1. The number of rotatable bonds is 7. The predicted molar refractivity (Wildman–Crippen MR) is 81.8 cm³/mol. The van der Waals surface area contributed by atoms with E-state index in [1.54, 1.807) is 6.92 Å². The van der Waals surface area contributed by atoms with Crippen LogP contribution in [0.15, 0.2) is 25.3 Å². The topological polar surface area (TPSA) is 26.3 Å². The van der Waals surface area contributed by atoms with E-state index >= 15 is 0 Å². The van der Waals surface area contributed by atoms with E-state index in [2.05, 4.69) is 31.7 Å². The molecular weight excluding hydrogens is 224 g/mol. The SMILES string of the molecule is C=CCCCC.C=CCCCC.CCOC(C)=O. The van der Waals surface area contributed by atoms with Gasteiger partial charge in [0, 0.05) is 6.92 Å². The summed E-state index contributed by atoms with van der Waals surface area (Å²) in [7, 11) is 0. The second-order valence-electron chi connectivity index (χ2n) is 3.79. The van der Waals surface area contributed by atoms with E-state index < -0.39 is 0 Å². The largest absolute Gasteiger partial charge is 0.466 e. The van der Waals surface area contributed by atoms with Gasteiger partial charge in [0.25, 0.3) is 0 Å². The van der Waals surface area contributed by atoms with Crippen LogP contribution in [-0.2, 0) is 9.53 Å². The highest BCUT2D eigenvalue weighted by Gasteiger charge is 1.81. The predicted octanol–water partition coefficient (Wildman–Crippen LogP) is 5.29. The molecule has 18 heavy (non-hydrogen) atoms. The van der Waals surface area contributed by atoms with Crippen LogP contribution in [0.5, 0.6) is 0 Å². The highest BCUT2D eigenvalue weighted by atomic mass is 16.5. The van der Waals surface area contributed by atoms with E-state index in [1.165, 1.54) is 45.4 Å². The molecule has 0 aromatic rings. The zero-order chi connectivity index (χ0) is 14.6. The number of unbranched alkanes of at least 4 members (excludes halogenated alkanes) is 4. The van der Waals surface area contributed by atoms with E-state index in [4.69, 9.17) is 0 Å². The first kappa shape index (κ1) is 22.2. The minimum Gasteiger partial charge on any atom is -0.466 e. The molecule has 2 heteroatoms. The molecule has 0 aliphatic heterocycles. The van der Waals surface area contributed by atoms with Crippen molar-refractivity contribution in [2.45, 2.75) is 66.2 Å². The Morgan fingerprint density at radius 2 is 1.39 bits per heavy atom. The summed E-state index contributed by atoms with van der Waals surface area (Å²) in [6, 6.07) is 0. The first-order valence-corrected chi connectivity index (χ1v) is 6.95. The normalized spacial score (nSPS) is 8.00. The van der Waals surface area contributed by atoms with Crippen molar-refractivity contribution in [2.75, 3.05) is 6.61 Å². The molecule has 0 fully saturated rings. The number of allylic oxidation sites excluding steroid dienone is 2. The van der Waals surface area contributed by atoms with Crippen LogP contribution < -0.4 is 0 Å². The monoisotopic (exact) mass is 256 g/mol. The Morgan fingerprint density at radius 3 is 1.44 bits per heavy atom. The van der Waals surface area contributed by atoms with Crippen LogP contribution >= 0.6 is 0 Å². The van der Waals surface area contributed by atoms with E-state index in [0.717, 1.165) is 0 Å². The van der Waals surface area contributed by atoms with Crippen molar-refractivity contribution in [3.63, 3.8) is 0 Å². The highest BCUT2D eigenvalue weighted by molar-refractivity contribution is 5.65. The minimum atomic E-state index is -0.211. The molecule has 0 aliphatic rings. The van der Waals surface area contributed by atoms with Crippen molar-refractivity contribution >= 4 is 5.97 Å². The third-order valence-electron chi connectivity index (χ3n) is 1.87. The number of ether oxygens (including phenoxy) is 1. The quantitative estimate of drug-likeness (QED) is 0.351. The van der Waals surface area contributed by atoms with Gasteiger partial charge in [0.05, 0.1) is 6.61 Å². The van der Waals surface area contributed by atoms with E-state index in [-0.39, 0.29) is 5.97 Å². The first-order chi connectivity index (χ1) is 8.60. The Balaban J connectivity index is -0.000000187. The molecule has 0 aromatic heterocycles. The van der Waals surface area contributed by atoms with Crippen molar-refractivity contribution in [2.24, 2.45) is 0 Å². The molecule has 0 heterocycles. The van der Waals surface area contributed by atoms with Crippen molar-refractivity contribution < 1.29 is 9.53 Å². The summed E-state index contributed by atoms with van der Waals surface area (Å²) < 4.78 is 4.40. The molecule has 0 unspecified atom stereocenters. The fourth-order valence-electron chi connectivity index (χ4n) is 0.900. The summed E-state index contributed by atoms with van der Waals surface area (Å²) in [5, 5.41) is 0. The minimum absolute atomic E-state index is 0.211. The summed E-state index contributed by atoms with van der Waals surface area (Å²) in [4.78, 5) is 9.82. The maximum absolute atomic E-state index is 9.82. The summed E-state index contributed by atoms with van der Waals surface area (Å²) in [5.41, 5.74) is 0. The third kappa shape index (κ3) is 46.0. The van der Waals surface area contributed by atoms with Crippen LogP contribution in [0.1, 0.15) is 66.2 Å². The van der Waals surface area contributed by atoms with Gasteiger partial charge in [-0.3, -0.25) is 4.79 Å². The molecule has 0 radical (unpaired) electrons. The summed E-state index contributed by atoms with van der Waals surface area (Å²) in [5.74, 6) is -0.211. The Kier molecular flexibility index (Phi) is 30.7. The van der Waals surface area contributed by atoms with Crippen LogP contribution in [0, 0.1) is 0 Å². The Labute approximate surface area is 114 Å². The molecule has 0 aliphatic carbocycles. The molecule has 0 spiro atoms. The zero-order valence-corrected chi connectivity index (χ0v) is 12.8. The zero-order valence-electron chi connectivity index (χ0n) is 12.8. The van der Waals surface area contributed by atoms with E-state index in [0.29, 0.717) is 6.61 Å². The standard InChI is InChI=1S/2C6H12.C4H8O2/c2*1-3-5-6-4-2;1-3-6-4(2)5/h2*3H,1,4-6H2,2H3;3H2,1-2H3. The molecule has 0 bridgehead atoms. The maximum Gasteiger partial charge on any atom is 0.302 e. The number of carbonyl (C=O) groups is 1. The van der Waals surface area contributed by atoms with Crippen molar-refractivity contribution in [1.82, 2.24) is 0 Å². The average Bonchev–Trinajstić information content (AvgIpc) is 2.35. The van der Waals surface area contributed by atoms with Gasteiger partial charge in [-0.2, -0.15) is 0 Å². The van der Waals surface area contributed by atoms with Crippen molar-refractivity contribution in [3.05, 3.63) is 25.3 Å². The van der Waals surface area contributed by atoms with Gasteiger partial charge in [0.15, 0.2) is 0 Å². The molecule has 0 rings (SSSR count). The van der Waals surface area contributed by atoms with Crippen molar-refractivity contribution in [3.8, 4) is 0 Å². The Bertz CT molecular complexity index is 162. The lowest BCUT2D eigenvalue weighted by atomic mass is 10.3. The fraction of sp³-hybridized carbons (Fsp3) is 0.688. The molecule has 0 aromatic carbocycles. The summed E-state index contributed by atoms with van der Waals surface area (Å²) in [6.45, 7) is 15.2. The molecule has 0 saturated heterocycles.